The first kappa shape index (κ1) is 21.0. The number of carboxylic acids is 1. The average Bonchev–Trinajstić information content (AvgIpc) is 2.73. The van der Waals surface area contributed by atoms with Gasteiger partial charge in [0, 0.05) is 23.9 Å². The molecule has 0 aliphatic heterocycles. The molecule has 31 heavy (non-hydrogen) atoms. The van der Waals surface area contributed by atoms with Gasteiger partial charge in [-0.2, -0.15) is 0 Å². The van der Waals surface area contributed by atoms with Gasteiger partial charge in [0.25, 0.3) is 0 Å². The highest BCUT2D eigenvalue weighted by molar-refractivity contribution is 5.88. The van der Waals surface area contributed by atoms with Crippen molar-refractivity contribution in [2.75, 3.05) is 0 Å². The molecule has 2 aromatic heterocycles. The number of aromatic nitrogens is 1. The highest BCUT2D eigenvalue weighted by Crippen LogP contribution is 2.37. The Morgan fingerprint density at radius 1 is 0.871 bits per heavy atom. The standard InChI is InChI=1S/C15H10O7.C6H5NO2/c16-7-4-10(19)12-11(5-7)22-15(14(21)13(12)20)6-1-2-8(17)9(18)3-6;8-6(9)5-3-1-2-4-7-5/h1-5,16-19,21H;1-4H,(H,8,9). The molecule has 0 spiro atoms. The second kappa shape index (κ2) is 8.33. The van der Waals surface area contributed by atoms with Gasteiger partial charge in [0.1, 0.15) is 28.2 Å². The molecule has 0 unspecified atom stereocenters. The number of benzene rings is 2. The van der Waals surface area contributed by atoms with E-state index in [-0.39, 0.29) is 39.5 Å². The Bertz CT molecular complexity index is 1330. The van der Waals surface area contributed by atoms with Gasteiger partial charge in [-0.05, 0) is 30.3 Å². The van der Waals surface area contributed by atoms with Crippen molar-refractivity contribution in [1.29, 1.82) is 0 Å². The van der Waals surface area contributed by atoms with Crippen LogP contribution < -0.4 is 5.43 Å². The number of carboxylic acid groups (broad SMARTS) is 1. The Hall–Kier alpha value is -4.73. The number of aromatic hydroxyl groups is 5. The molecule has 0 saturated heterocycles. The molecule has 158 valence electrons. The van der Waals surface area contributed by atoms with Crippen molar-refractivity contribution in [1.82, 2.24) is 4.98 Å². The van der Waals surface area contributed by atoms with E-state index in [2.05, 4.69) is 4.98 Å². The van der Waals surface area contributed by atoms with Crippen molar-refractivity contribution in [2.45, 2.75) is 0 Å². The predicted molar refractivity (Wildman–Crippen MR) is 107 cm³/mol. The van der Waals surface area contributed by atoms with Crippen LogP contribution in [-0.2, 0) is 0 Å². The van der Waals surface area contributed by atoms with Crippen LogP contribution in [0.25, 0.3) is 22.3 Å². The van der Waals surface area contributed by atoms with E-state index in [4.69, 9.17) is 9.52 Å². The van der Waals surface area contributed by atoms with Crippen molar-refractivity contribution in [3.8, 4) is 40.1 Å². The van der Waals surface area contributed by atoms with Gasteiger partial charge in [0.2, 0.25) is 11.2 Å². The zero-order valence-electron chi connectivity index (χ0n) is 15.6. The van der Waals surface area contributed by atoms with E-state index in [9.17, 15) is 35.1 Å². The zero-order valence-corrected chi connectivity index (χ0v) is 15.6. The van der Waals surface area contributed by atoms with Crippen LogP contribution in [0.1, 0.15) is 10.5 Å². The number of nitrogens with zero attached hydrogens (tertiary/aromatic N) is 1. The van der Waals surface area contributed by atoms with E-state index in [0.29, 0.717) is 0 Å². The monoisotopic (exact) mass is 425 g/mol. The Balaban J connectivity index is 0.000000254. The summed E-state index contributed by atoms with van der Waals surface area (Å²) in [6.07, 6.45) is 1.45. The number of hydrogen-bond acceptors (Lipinski definition) is 9. The number of aromatic carboxylic acids is 1. The molecule has 6 N–H and O–H groups in total. The average molecular weight is 425 g/mol. The molecule has 10 nitrogen and oxygen atoms in total. The van der Waals surface area contributed by atoms with Gasteiger partial charge >= 0.3 is 5.97 Å². The van der Waals surface area contributed by atoms with Gasteiger partial charge in [-0.15, -0.1) is 0 Å². The third-order valence-electron chi connectivity index (χ3n) is 4.06. The van der Waals surface area contributed by atoms with Crippen LogP contribution in [0.5, 0.6) is 28.7 Å². The number of phenolic OH excluding ortho intramolecular Hbond substituents is 4. The van der Waals surface area contributed by atoms with Crippen molar-refractivity contribution < 1.29 is 39.9 Å². The lowest BCUT2D eigenvalue weighted by Crippen LogP contribution is -2.02. The summed E-state index contributed by atoms with van der Waals surface area (Å²) in [5.74, 6) is -3.70. The normalized spacial score (nSPS) is 10.3. The minimum absolute atomic E-state index is 0.0810. The van der Waals surface area contributed by atoms with Gasteiger partial charge in [0.05, 0.1) is 0 Å². The summed E-state index contributed by atoms with van der Waals surface area (Å²) in [6.45, 7) is 0. The smallest absolute Gasteiger partial charge is 0.354 e. The molecule has 10 heteroatoms. The fourth-order valence-electron chi connectivity index (χ4n) is 2.62. The molecular weight excluding hydrogens is 410 g/mol. The minimum atomic E-state index is -0.990. The highest BCUT2D eigenvalue weighted by atomic mass is 16.4. The topological polar surface area (TPSA) is 182 Å². The Labute approximate surface area is 173 Å². The lowest BCUT2D eigenvalue weighted by Gasteiger charge is -2.08. The van der Waals surface area contributed by atoms with E-state index in [1.807, 2.05) is 0 Å². The van der Waals surface area contributed by atoms with Crippen molar-refractivity contribution >= 4 is 16.9 Å². The largest absolute Gasteiger partial charge is 0.508 e. The van der Waals surface area contributed by atoms with Crippen molar-refractivity contribution in [3.63, 3.8) is 0 Å². The summed E-state index contributed by atoms with van der Waals surface area (Å²) in [4.78, 5) is 25.9. The molecule has 0 fully saturated rings. The summed E-state index contributed by atoms with van der Waals surface area (Å²) < 4.78 is 5.35. The maximum absolute atomic E-state index is 12.1. The maximum atomic E-state index is 12.1. The summed E-state index contributed by atoms with van der Waals surface area (Å²) >= 11 is 0. The SMILES string of the molecule is O=C(O)c1ccccn1.O=c1c(O)c(-c2ccc(O)c(O)c2)oc2cc(O)cc(O)c12. The zero-order chi connectivity index (χ0) is 22.7. The molecule has 2 aromatic carbocycles. The van der Waals surface area contributed by atoms with Crippen LogP contribution in [0.2, 0.25) is 0 Å². The lowest BCUT2D eigenvalue weighted by molar-refractivity contribution is 0.0690. The molecule has 0 bridgehead atoms. The molecule has 4 rings (SSSR count). The quantitative estimate of drug-likeness (QED) is 0.261. The van der Waals surface area contributed by atoms with Crippen LogP contribution >= 0.6 is 0 Å². The fourth-order valence-corrected chi connectivity index (χ4v) is 2.62. The van der Waals surface area contributed by atoms with Crippen molar-refractivity contribution in [3.05, 3.63) is 70.6 Å². The van der Waals surface area contributed by atoms with Gasteiger partial charge in [-0.3, -0.25) is 4.79 Å². The molecule has 0 aliphatic carbocycles. The van der Waals surface area contributed by atoms with E-state index in [1.54, 1.807) is 12.1 Å². The number of fused-ring (bicyclic) bond motifs is 1. The molecule has 4 aromatic rings. The number of pyridine rings is 1. The van der Waals surface area contributed by atoms with E-state index >= 15 is 0 Å². The van der Waals surface area contributed by atoms with E-state index < -0.39 is 28.6 Å². The van der Waals surface area contributed by atoms with Gasteiger partial charge in [-0.25, -0.2) is 9.78 Å². The molecular formula is C21H15NO9. The summed E-state index contributed by atoms with van der Waals surface area (Å²) in [5, 5.41) is 56.0. The number of hydrogen-bond donors (Lipinski definition) is 6. The molecule has 0 radical (unpaired) electrons. The van der Waals surface area contributed by atoms with Crippen LogP contribution in [0, 0.1) is 0 Å². The Morgan fingerprint density at radius 2 is 1.61 bits per heavy atom. The first-order chi connectivity index (χ1) is 14.7. The fraction of sp³-hybridized carbons (Fsp3) is 0. The Morgan fingerprint density at radius 3 is 2.19 bits per heavy atom. The van der Waals surface area contributed by atoms with Crippen LogP contribution in [-0.4, -0.2) is 41.6 Å². The second-order valence-corrected chi connectivity index (χ2v) is 6.17. The summed E-state index contributed by atoms with van der Waals surface area (Å²) in [6, 6.07) is 10.4. The van der Waals surface area contributed by atoms with Crippen LogP contribution in [0.4, 0.5) is 0 Å². The third kappa shape index (κ3) is 4.32. The van der Waals surface area contributed by atoms with Gasteiger partial charge in [-0.1, -0.05) is 6.07 Å². The molecule has 0 atom stereocenters. The lowest BCUT2D eigenvalue weighted by atomic mass is 10.1. The highest BCUT2D eigenvalue weighted by Gasteiger charge is 2.19. The number of rotatable bonds is 2. The molecule has 0 amide bonds. The van der Waals surface area contributed by atoms with Crippen LogP contribution in [0.3, 0.4) is 0 Å². The third-order valence-corrected chi connectivity index (χ3v) is 4.06. The number of phenols is 4. The van der Waals surface area contributed by atoms with Gasteiger partial charge in [0.15, 0.2) is 17.3 Å². The summed E-state index contributed by atoms with van der Waals surface area (Å²) in [7, 11) is 0. The predicted octanol–water partition coefficient (Wildman–Crippen LogP) is 2.77. The molecule has 2 heterocycles. The Kier molecular flexibility index (Phi) is 5.64. The van der Waals surface area contributed by atoms with Crippen LogP contribution in [0.15, 0.2) is 63.9 Å². The first-order valence-electron chi connectivity index (χ1n) is 8.57. The van der Waals surface area contributed by atoms with E-state index in [1.165, 1.54) is 18.3 Å². The minimum Gasteiger partial charge on any atom is -0.508 e. The second-order valence-electron chi connectivity index (χ2n) is 6.17. The van der Waals surface area contributed by atoms with E-state index in [0.717, 1.165) is 24.3 Å². The summed E-state index contributed by atoms with van der Waals surface area (Å²) in [5.41, 5.74) is -0.809. The number of carbonyl (C=O) groups is 1. The molecule has 0 aliphatic rings. The molecule has 0 saturated carbocycles. The van der Waals surface area contributed by atoms with Gasteiger partial charge < -0.3 is 35.1 Å². The van der Waals surface area contributed by atoms with Crippen molar-refractivity contribution in [2.24, 2.45) is 0 Å². The first-order valence-corrected chi connectivity index (χ1v) is 8.57. The maximum Gasteiger partial charge on any atom is 0.354 e.